The van der Waals surface area contributed by atoms with Crippen molar-refractivity contribution in [2.45, 2.75) is 32.8 Å². The molecule has 1 aromatic carbocycles. The fourth-order valence-corrected chi connectivity index (χ4v) is 4.55. The largest absolute Gasteiger partial charge is 0.420 e. The highest BCUT2D eigenvalue weighted by Gasteiger charge is 2.36. The normalized spacial score (nSPS) is 17.4. The maximum atomic E-state index is 13.3. The van der Waals surface area contributed by atoms with Crippen LogP contribution in [0.4, 0.5) is 5.88 Å². The van der Waals surface area contributed by atoms with E-state index in [1.807, 2.05) is 0 Å². The second-order valence-corrected chi connectivity index (χ2v) is 8.40. The summed E-state index contributed by atoms with van der Waals surface area (Å²) in [7, 11) is -3.61. The van der Waals surface area contributed by atoms with Crippen molar-refractivity contribution >= 4 is 30.5 Å². The number of hydrogen-bond acceptors (Lipinski definition) is 7. The third kappa shape index (κ3) is 4.92. The average molecular weight is 415 g/mol. The lowest BCUT2D eigenvalue weighted by Crippen LogP contribution is -2.22. The number of nitrogens with zero attached hydrogens (tertiary/aromatic N) is 1. The molecule has 0 unspecified atom stereocenters. The molecule has 1 atom stereocenters. The number of benzene rings is 1. The Morgan fingerprint density at radius 3 is 2.56 bits per heavy atom. The van der Waals surface area contributed by atoms with Gasteiger partial charge in [-0.1, -0.05) is 11.6 Å². The topological polar surface area (TPSA) is 82.8 Å². The molecule has 0 saturated carbocycles. The first-order valence-electron chi connectivity index (χ1n) is 9.07. The van der Waals surface area contributed by atoms with Crippen molar-refractivity contribution in [1.29, 1.82) is 0 Å². The lowest BCUT2D eigenvalue weighted by Gasteiger charge is -2.16. The Kier molecular flexibility index (Phi) is 6.95. The zero-order chi connectivity index (χ0) is 19.3. The number of halogens is 1. The third-order valence-electron chi connectivity index (χ3n) is 4.07. The molecule has 0 amide bonds. The van der Waals surface area contributed by atoms with Crippen LogP contribution in [0, 0.1) is 0 Å². The molecule has 1 aliphatic rings. The fourth-order valence-electron chi connectivity index (χ4n) is 2.84. The van der Waals surface area contributed by atoms with Gasteiger partial charge in [-0.15, -0.1) is 0 Å². The van der Waals surface area contributed by atoms with Crippen LogP contribution in [0.3, 0.4) is 0 Å². The van der Waals surface area contributed by atoms with Crippen molar-refractivity contribution in [1.82, 2.24) is 4.98 Å². The van der Waals surface area contributed by atoms with E-state index in [2.05, 4.69) is 10.3 Å². The Morgan fingerprint density at radius 1 is 1.26 bits per heavy atom. The first kappa shape index (κ1) is 20.4. The SMILES string of the molecule is CCOP(=O)(OCC)c1nc(-c2ccc(Cl)cc2)oc1NC[C@@H]1CCCO1. The Bertz CT molecular complexity index is 780. The fraction of sp³-hybridized carbons (Fsp3) is 0.500. The minimum absolute atomic E-state index is 0.0838. The van der Waals surface area contributed by atoms with Gasteiger partial charge in [0.2, 0.25) is 17.2 Å². The Labute approximate surface area is 163 Å². The van der Waals surface area contributed by atoms with Crippen LogP contribution in [0.2, 0.25) is 5.02 Å². The number of hydrogen-bond donors (Lipinski definition) is 1. The van der Waals surface area contributed by atoms with Gasteiger partial charge in [0.1, 0.15) is 0 Å². The number of oxazole rings is 1. The van der Waals surface area contributed by atoms with Gasteiger partial charge in [0, 0.05) is 23.7 Å². The smallest absolute Gasteiger partial charge is 0.385 e. The summed E-state index contributed by atoms with van der Waals surface area (Å²) in [6.07, 6.45) is 2.08. The molecule has 2 aromatic rings. The molecular weight excluding hydrogens is 391 g/mol. The molecule has 0 bridgehead atoms. The van der Waals surface area contributed by atoms with Crippen molar-refractivity contribution in [3.05, 3.63) is 29.3 Å². The van der Waals surface area contributed by atoms with E-state index in [0.717, 1.165) is 19.4 Å². The summed E-state index contributed by atoms with van der Waals surface area (Å²) in [5, 5.41) is 3.77. The van der Waals surface area contributed by atoms with E-state index in [0.29, 0.717) is 23.0 Å². The van der Waals surface area contributed by atoms with Crippen LogP contribution >= 0.6 is 19.2 Å². The molecule has 1 aromatic heterocycles. The molecule has 1 fully saturated rings. The van der Waals surface area contributed by atoms with E-state index < -0.39 is 7.60 Å². The van der Waals surface area contributed by atoms with Crippen molar-refractivity contribution < 1.29 is 22.8 Å². The molecule has 0 radical (unpaired) electrons. The second-order valence-electron chi connectivity index (χ2n) is 6.03. The molecular formula is C18H24ClN2O5P. The van der Waals surface area contributed by atoms with Gasteiger partial charge in [0.25, 0.3) is 0 Å². The predicted molar refractivity (Wildman–Crippen MR) is 105 cm³/mol. The molecule has 3 rings (SSSR count). The molecule has 2 heterocycles. The first-order chi connectivity index (χ1) is 13.1. The average Bonchev–Trinajstić information content (AvgIpc) is 3.31. The number of ether oxygens (including phenoxy) is 1. The summed E-state index contributed by atoms with van der Waals surface area (Å²) in [5.41, 5.74) is 0.861. The van der Waals surface area contributed by atoms with E-state index in [1.165, 1.54) is 0 Å². The number of rotatable bonds is 9. The zero-order valence-electron chi connectivity index (χ0n) is 15.4. The Hall–Kier alpha value is -1.37. The monoisotopic (exact) mass is 414 g/mol. The lowest BCUT2D eigenvalue weighted by atomic mass is 10.2. The summed E-state index contributed by atoms with van der Waals surface area (Å²) < 4.78 is 35.7. The van der Waals surface area contributed by atoms with Gasteiger partial charge in [-0.05, 0) is 51.0 Å². The minimum Gasteiger partial charge on any atom is -0.420 e. The van der Waals surface area contributed by atoms with E-state index in [-0.39, 0.29) is 30.6 Å². The Morgan fingerprint density at radius 2 is 1.96 bits per heavy atom. The van der Waals surface area contributed by atoms with Gasteiger partial charge in [-0.2, -0.15) is 4.98 Å². The van der Waals surface area contributed by atoms with Crippen molar-refractivity contribution in [3.63, 3.8) is 0 Å². The molecule has 7 nitrogen and oxygen atoms in total. The van der Waals surface area contributed by atoms with E-state index in [4.69, 9.17) is 29.8 Å². The quantitative estimate of drug-likeness (QED) is 0.606. The molecule has 1 saturated heterocycles. The highest BCUT2D eigenvalue weighted by molar-refractivity contribution is 7.62. The standard InChI is InChI=1S/C18H24ClN2O5P/c1-3-24-27(22,25-4-2)18-17(20-12-15-6-5-11-23-15)26-16(21-18)13-7-9-14(19)10-8-13/h7-10,15,20H,3-6,11-12H2,1-2H3/t15-/m0/s1. The van der Waals surface area contributed by atoms with Gasteiger partial charge in [0.15, 0.2) is 0 Å². The number of anilines is 1. The number of aromatic nitrogens is 1. The highest BCUT2D eigenvalue weighted by atomic mass is 35.5. The summed E-state index contributed by atoms with van der Waals surface area (Å²) >= 11 is 5.95. The number of nitrogens with one attached hydrogen (secondary N) is 1. The van der Waals surface area contributed by atoms with Gasteiger partial charge in [0.05, 0.1) is 19.3 Å². The maximum Gasteiger partial charge on any atom is 0.385 e. The van der Waals surface area contributed by atoms with Crippen molar-refractivity contribution in [2.75, 3.05) is 31.7 Å². The lowest BCUT2D eigenvalue weighted by molar-refractivity contribution is 0.120. The summed E-state index contributed by atoms with van der Waals surface area (Å²) in [6.45, 7) is 5.25. The third-order valence-corrected chi connectivity index (χ3v) is 6.34. The highest BCUT2D eigenvalue weighted by Crippen LogP contribution is 2.49. The van der Waals surface area contributed by atoms with E-state index >= 15 is 0 Å². The van der Waals surface area contributed by atoms with E-state index in [9.17, 15) is 4.57 Å². The van der Waals surface area contributed by atoms with Crippen LogP contribution in [0.15, 0.2) is 28.7 Å². The van der Waals surface area contributed by atoms with Crippen molar-refractivity contribution in [3.8, 4) is 11.5 Å². The molecule has 0 spiro atoms. The van der Waals surface area contributed by atoms with Gasteiger partial charge >= 0.3 is 7.60 Å². The van der Waals surface area contributed by atoms with Crippen LogP contribution in [0.25, 0.3) is 11.5 Å². The molecule has 1 aliphatic heterocycles. The van der Waals surface area contributed by atoms with Gasteiger partial charge < -0.3 is 23.5 Å². The molecule has 9 heteroatoms. The van der Waals surface area contributed by atoms with Crippen LogP contribution < -0.4 is 10.8 Å². The summed E-state index contributed by atoms with van der Waals surface area (Å²) in [6, 6.07) is 7.05. The van der Waals surface area contributed by atoms with Crippen LogP contribution in [-0.4, -0.2) is 37.5 Å². The minimum atomic E-state index is -3.61. The zero-order valence-corrected chi connectivity index (χ0v) is 17.1. The van der Waals surface area contributed by atoms with Gasteiger partial charge in [-0.3, -0.25) is 4.57 Å². The van der Waals surface area contributed by atoms with Crippen LogP contribution in [-0.2, 0) is 18.3 Å². The second kappa shape index (κ2) is 9.22. The van der Waals surface area contributed by atoms with Crippen LogP contribution in [0.1, 0.15) is 26.7 Å². The van der Waals surface area contributed by atoms with E-state index in [1.54, 1.807) is 38.1 Å². The Balaban J connectivity index is 1.94. The molecule has 27 heavy (non-hydrogen) atoms. The van der Waals surface area contributed by atoms with Gasteiger partial charge in [-0.25, -0.2) is 0 Å². The predicted octanol–water partition coefficient (Wildman–Crippen LogP) is 4.48. The summed E-state index contributed by atoms with van der Waals surface area (Å²) in [4.78, 5) is 4.44. The molecule has 0 aliphatic carbocycles. The first-order valence-corrected chi connectivity index (χ1v) is 11.0. The van der Waals surface area contributed by atoms with Crippen molar-refractivity contribution in [2.24, 2.45) is 0 Å². The molecule has 1 N–H and O–H groups in total. The maximum absolute atomic E-state index is 13.3. The molecule has 148 valence electrons. The van der Waals surface area contributed by atoms with Crippen LogP contribution in [0.5, 0.6) is 0 Å². The summed E-state index contributed by atoms with van der Waals surface area (Å²) in [5.74, 6) is 0.594.